The highest BCUT2D eigenvalue weighted by molar-refractivity contribution is 7.88. The molecule has 1 aliphatic rings. The zero-order chi connectivity index (χ0) is 16.9. The molecule has 9 heteroatoms. The molecule has 0 aromatic carbocycles. The summed E-state index contributed by atoms with van der Waals surface area (Å²) in [5, 5.41) is 0. The van der Waals surface area contributed by atoms with Crippen LogP contribution >= 0.6 is 0 Å². The Morgan fingerprint density at radius 3 is 2.57 bits per heavy atom. The molecular weight excluding hydrogens is 320 g/mol. The Bertz CT molecular complexity index is 642. The number of hydrogen-bond acceptors (Lipinski definition) is 5. The van der Waals surface area contributed by atoms with Crippen LogP contribution in [0.1, 0.15) is 5.56 Å². The van der Waals surface area contributed by atoms with Crippen molar-refractivity contribution < 1.29 is 18.0 Å². The van der Waals surface area contributed by atoms with Crippen molar-refractivity contribution in [3.05, 3.63) is 30.1 Å². The fraction of sp³-hybridized carbons (Fsp3) is 0.500. The minimum absolute atomic E-state index is 0.104. The molecule has 126 valence electrons. The summed E-state index contributed by atoms with van der Waals surface area (Å²) in [5.41, 5.74) is 0.719. The Labute approximate surface area is 135 Å². The maximum Gasteiger partial charge on any atom is 0.238 e. The molecule has 1 fully saturated rings. The Kier molecular flexibility index (Phi) is 5.67. The number of aromatic nitrogens is 1. The molecule has 1 saturated heterocycles. The Balaban J connectivity index is 2.01. The Morgan fingerprint density at radius 1 is 1.35 bits per heavy atom. The van der Waals surface area contributed by atoms with Crippen LogP contribution in [0.25, 0.3) is 0 Å². The molecule has 0 aliphatic carbocycles. The first kappa shape index (κ1) is 17.4. The van der Waals surface area contributed by atoms with Crippen LogP contribution in [0.15, 0.2) is 24.5 Å². The second-order valence-corrected chi connectivity index (χ2v) is 7.40. The second kappa shape index (κ2) is 7.51. The highest BCUT2D eigenvalue weighted by atomic mass is 32.2. The largest absolute Gasteiger partial charge is 0.342 e. The van der Waals surface area contributed by atoms with E-state index in [1.54, 1.807) is 34.3 Å². The van der Waals surface area contributed by atoms with Crippen molar-refractivity contribution in [3.63, 3.8) is 0 Å². The van der Waals surface area contributed by atoms with E-state index in [1.807, 2.05) is 0 Å². The van der Waals surface area contributed by atoms with Crippen molar-refractivity contribution in [2.24, 2.45) is 0 Å². The number of sulfonamides is 1. The van der Waals surface area contributed by atoms with Crippen molar-refractivity contribution >= 4 is 22.3 Å². The second-order valence-electron chi connectivity index (χ2n) is 5.41. The summed E-state index contributed by atoms with van der Waals surface area (Å²) < 4.78 is 25.0. The molecule has 0 unspecified atom stereocenters. The summed E-state index contributed by atoms with van der Waals surface area (Å²) in [5.74, 6) is -0.259. The van der Waals surface area contributed by atoms with Gasteiger partial charge in [0.15, 0.2) is 0 Å². The fourth-order valence-electron chi connectivity index (χ4n) is 2.31. The number of carbonyl (C=O) groups excluding carboxylic acids is 2. The number of carbonyl (C=O) groups is 2. The predicted octanol–water partition coefficient (Wildman–Crippen LogP) is -0.856. The van der Waals surface area contributed by atoms with Gasteiger partial charge >= 0.3 is 0 Å². The van der Waals surface area contributed by atoms with Gasteiger partial charge < -0.3 is 9.80 Å². The van der Waals surface area contributed by atoms with Gasteiger partial charge in [0.1, 0.15) is 0 Å². The number of pyridine rings is 1. The van der Waals surface area contributed by atoms with Crippen molar-refractivity contribution in [2.75, 3.05) is 39.0 Å². The number of nitrogens with zero attached hydrogens (tertiary/aromatic N) is 4. The van der Waals surface area contributed by atoms with Gasteiger partial charge in [0.25, 0.3) is 0 Å². The van der Waals surface area contributed by atoms with E-state index in [0.717, 1.165) is 22.5 Å². The standard InChI is InChI=1S/C14H20N4O4S/c1-23(21,22)18(10-13-3-2-4-15-9-13)11-14(20)17-7-5-16(12-19)6-8-17/h2-4,9,12H,5-8,10-11H2,1H3. The third-order valence-electron chi connectivity index (χ3n) is 3.68. The van der Waals surface area contributed by atoms with Gasteiger partial charge in [-0.3, -0.25) is 14.6 Å². The van der Waals surface area contributed by atoms with Crippen molar-refractivity contribution in [3.8, 4) is 0 Å². The van der Waals surface area contributed by atoms with E-state index in [-0.39, 0.29) is 19.0 Å². The molecule has 0 radical (unpaired) electrons. The van der Waals surface area contributed by atoms with E-state index in [2.05, 4.69) is 4.98 Å². The van der Waals surface area contributed by atoms with Crippen LogP contribution in [0.4, 0.5) is 0 Å². The molecule has 8 nitrogen and oxygen atoms in total. The monoisotopic (exact) mass is 340 g/mol. The molecule has 23 heavy (non-hydrogen) atoms. The van der Waals surface area contributed by atoms with Gasteiger partial charge in [-0.05, 0) is 11.6 Å². The molecule has 0 saturated carbocycles. The highest BCUT2D eigenvalue weighted by Gasteiger charge is 2.26. The van der Waals surface area contributed by atoms with Gasteiger partial charge in [-0.2, -0.15) is 4.31 Å². The SMILES string of the molecule is CS(=O)(=O)N(CC(=O)N1CCN(C=O)CC1)Cc1cccnc1. The third kappa shape index (κ3) is 5.00. The first-order chi connectivity index (χ1) is 10.9. The lowest BCUT2D eigenvalue weighted by Crippen LogP contribution is -2.51. The van der Waals surface area contributed by atoms with Crippen LogP contribution in [0.5, 0.6) is 0 Å². The highest BCUT2D eigenvalue weighted by Crippen LogP contribution is 2.09. The molecule has 0 spiro atoms. The van der Waals surface area contributed by atoms with Crippen molar-refractivity contribution in [1.82, 2.24) is 19.1 Å². The summed E-state index contributed by atoms with van der Waals surface area (Å²) in [7, 11) is -3.52. The number of amides is 2. The van der Waals surface area contributed by atoms with Crippen LogP contribution in [0, 0.1) is 0 Å². The molecule has 2 heterocycles. The Hall–Kier alpha value is -2.00. The quantitative estimate of drug-likeness (QED) is 0.629. The molecular formula is C14H20N4O4S. The van der Waals surface area contributed by atoms with E-state index < -0.39 is 10.0 Å². The summed E-state index contributed by atoms with van der Waals surface area (Å²) >= 11 is 0. The molecule has 2 amide bonds. The summed E-state index contributed by atoms with van der Waals surface area (Å²) in [4.78, 5) is 30.1. The van der Waals surface area contributed by atoms with Crippen LogP contribution < -0.4 is 0 Å². The normalized spacial score (nSPS) is 15.7. The average molecular weight is 340 g/mol. The van der Waals surface area contributed by atoms with Crippen LogP contribution in [-0.4, -0.2) is 78.8 Å². The average Bonchev–Trinajstić information content (AvgIpc) is 2.54. The topological polar surface area (TPSA) is 90.9 Å². The van der Waals surface area contributed by atoms with E-state index >= 15 is 0 Å². The summed E-state index contributed by atoms with van der Waals surface area (Å²) in [6.45, 7) is 1.67. The van der Waals surface area contributed by atoms with Gasteiger partial charge in [-0.25, -0.2) is 8.42 Å². The van der Waals surface area contributed by atoms with Crippen LogP contribution in [-0.2, 0) is 26.2 Å². The lowest BCUT2D eigenvalue weighted by atomic mass is 10.3. The number of piperazine rings is 1. The minimum atomic E-state index is -3.52. The fourth-order valence-corrected chi connectivity index (χ4v) is 3.04. The van der Waals surface area contributed by atoms with E-state index in [9.17, 15) is 18.0 Å². The van der Waals surface area contributed by atoms with Gasteiger partial charge in [-0.15, -0.1) is 0 Å². The zero-order valence-corrected chi connectivity index (χ0v) is 13.8. The number of hydrogen-bond donors (Lipinski definition) is 0. The number of rotatable bonds is 6. The van der Waals surface area contributed by atoms with Gasteiger partial charge in [-0.1, -0.05) is 6.07 Å². The van der Waals surface area contributed by atoms with Crippen LogP contribution in [0.2, 0.25) is 0 Å². The lowest BCUT2D eigenvalue weighted by molar-refractivity contribution is -0.135. The molecule has 2 rings (SSSR count). The molecule has 1 aromatic heterocycles. The van der Waals surface area contributed by atoms with Crippen molar-refractivity contribution in [1.29, 1.82) is 0 Å². The van der Waals surface area contributed by atoms with Gasteiger partial charge in [0.2, 0.25) is 22.3 Å². The third-order valence-corrected chi connectivity index (χ3v) is 4.87. The molecule has 0 N–H and O–H groups in total. The van der Waals surface area contributed by atoms with E-state index in [1.165, 1.54) is 0 Å². The molecule has 1 aliphatic heterocycles. The van der Waals surface area contributed by atoms with E-state index in [0.29, 0.717) is 26.2 Å². The molecule has 0 bridgehead atoms. The summed E-state index contributed by atoms with van der Waals surface area (Å²) in [6, 6.07) is 3.48. The molecule has 0 atom stereocenters. The first-order valence-corrected chi connectivity index (χ1v) is 9.06. The van der Waals surface area contributed by atoms with Crippen molar-refractivity contribution in [2.45, 2.75) is 6.54 Å². The minimum Gasteiger partial charge on any atom is -0.342 e. The predicted molar refractivity (Wildman–Crippen MR) is 83.7 cm³/mol. The van der Waals surface area contributed by atoms with Crippen LogP contribution in [0.3, 0.4) is 0 Å². The summed E-state index contributed by atoms with van der Waals surface area (Å²) in [6.07, 6.45) is 5.02. The zero-order valence-electron chi connectivity index (χ0n) is 13.0. The molecule has 1 aromatic rings. The Morgan fingerprint density at radius 2 is 2.04 bits per heavy atom. The first-order valence-electron chi connectivity index (χ1n) is 7.21. The lowest BCUT2D eigenvalue weighted by Gasteiger charge is -2.33. The van der Waals surface area contributed by atoms with Gasteiger partial charge in [0, 0.05) is 45.1 Å². The smallest absolute Gasteiger partial charge is 0.238 e. The maximum atomic E-state index is 12.3. The van der Waals surface area contributed by atoms with Gasteiger partial charge in [0.05, 0.1) is 12.8 Å². The van der Waals surface area contributed by atoms with E-state index in [4.69, 9.17) is 0 Å². The maximum absolute atomic E-state index is 12.3.